The molecule has 0 aromatic carbocycles. The molecular weight excluding hydrogens is 779 g/mol. The first-order valence-electron chi connectivity index (χ1n) is 22.5. The van der Waals surface area contributed by atoms with Gasteiger partial charge >= 0.3 is 0 Å². The summed E-state index contributed by atoms with van der Waals surface area (Å²) in [6.07, 6.45) is 18.4. The van der Waals surface area contributed by atoms with Crippen molar-refractivity contribution < 1.29 is 37.6 Å². The standard InChI is InChI=1S/C42H78Cl2N4O.C3H8.6H2O/c1-30(2)39(27-48-23-20-38(42(5,6)29-48)32-13-17-36(44)18-14-32)46-26-34-10-8-9-33(40(34)49-7)25-45-21-24-47-22-19-37(41(3,4)28-47)31-11-15-35(43)16-12-31;1-3-2;;;;;;/h30-40,45-46H,8-29H2,1-7H3;3H2,1-2H3;6*1H2/t31?,32?,33?,34?,35?,36?,37?,38?,39-,40?;;;;;;;/m0......./s1. The fourth-order valence-corrected chi connectivity index (χ4v) is 12.3. The Hall–Kier alpha value is 0.140. The van der Waals surface area contributed by atoms with Gasteiger partial charge in [0.05, 0.1) is 6.10 Å². The van der Waals surface area contributed by atoms with Gasteiger partial charge in [0.25, 0.3) is 0 Å². The van der Waals surface area contributed by atoms with E-state index in [1.807, 2.05) is 7.11 Å². The summed E-state index contributed by atoms with van der Waals surface area (Å²) in [7, 11) is 1.97. The number of ether oxygens (including phenoxy) is 1. The minimum absolute atomic E-state index is 0. The average Bonchev–Trinajstić information content (AvgIpc) is 3.09. The fourth-order valence-electron chi connectivity index (χ4n) is 11.8. The molecule has 2 saturated heterocycles. The Balaban J connectivity index is -0.00000326. The van der Waals surface area contributed by atoms with Gasteiger partial charge in [-0.25, -0.2) is 0 Å². The van der Waals surface area contributed by atoms with Crippen LogP contribution in [0.5, 0.6) is 0 Å². The zero-order valence-corrected chi connectivity index (χ0v) is 40.2. The third-order valence-electron chi connectivity index (χ3n) is 14.6. The molecule has 5 rings (SSSR count). The molecule has 0 aromatic rings. The SMILES string of the molecule is CCC.COC1C(CNCCN2CCC(C3CCC(Cl)CC3)C(C)(C)C2)CCCC1CN[C@@H](CN1CCC(C2CCC(Cl)CC2)C(C)(C)C1)C(C)C.O.O.O.O.O.O. The van der Waals surface area contributed by atoms with Crippen molar-refractivity contribution in [3.63, 3.8) is 0 Å². The van der Waals surface area contributed by atoms with Crippen molar-refractivity contribution in [2.45, 2.75) is 168 Å². The molecule has 14 N–H and O–H groups in total. The van der Waals surface area contributed by atoms with E-state index in [-0.39, 0.29) is 32.9 Å². The molecule has 58 heavy (non-hydrogen) atoms. The minimum atomic E-state index is 0. The molecular formula is C45H98Cl2N4O7. The lowest BCUT2D eigenvalue weighted by atomic mass is 9.64. The summed E-state index contributed by atoms with van der Waals surface area (Å²) in [6.45, 7) is 29.8. The van der Waals surface area contributed by atoms with Crippen LogP contribution in [0.15, 0.2) is 0 Å². The van der Waals surface area contributed by atoms with Crippen molar-refractivity contribution in [3.05, 3.63) is 0 Å². The van der Waals surface area contributed by atoms with Gasteiger partial charge < -0.3 is 58.0 Å². The molecule has 5 unspecified atom stereocenters. The first-order valence-corrected chi connectivity index (χ1v) is 23.3. The third-order valence-corrected chi connectivity index (χ3v) is 15.5. The monoisotopic (exact) mass is 877 g/mol. The highest BCUT2D eigenvalue weighted by molar-refractivity contribution is 6.20. The van der Waals surface area contributed by atoms with Crippen LogP contribution in [-0.4, -0.2) is 132 Å². The van der Waals surface area contributed by atoms with E-state index < -0.39 is 0 Å². The maximum absolute atomic E-state index is 6.47. The topological polar surface area (TPSA) is 229 Å². The van der Waals surface area contributed by atoms with Crippen molar-refractivity contribution in [3.8, 4) is 0 Å². The van der Waals surface area contributed by atoms with E-state index in [1.54, 1.807) is 0 Å². The van der Waals surface area contributed by atoms with E-state index in [1.165, 1.54) is 129 Å². The molecule has 3 aliphatic carbocycles. The molecule has 3 saturated carbocycles. The summed E-state index contributed by atoms with van der Waals surface area (Å²) < 4.78 is 6.30. The molecule has 13 heteroatoms. The molecule has 354 valence electrons. The zero-order valence-electron chi connectivity index (χ0n) is 38.7. The largest absolute Gasteiger partial charge is 0.412 e. The number of rotatable bonds is 14. The second kappa shape index (κ2) is 30.3. The van der Waals surface area contributed by atoms with E-state index in [0.717, 1.165) is 43.3 Å². The number of nitrogens with one attached hydrogen (secondary N) is 2. The Morgan fingerprint density at radius 3 is 1.50 bits per heavy atom. The van der Waals surface area contributed by atoms with Gasteiger partial charge in [0.1, 0.15) is 0 Å². The lowest BCUT2D eigenvalue weighted by Crippen LogP contribution is -2.54. The van der Waals surface area contributed by atoms with E-state index in [2.05, 4.69) is 75.8 Å². The van der Waals surface area contributed by atoms with E-state index >= 15 is 0 Å². The van der Waals surface area contributed by atoms with E-state index in [9.17, 15) is 0 Å². The maximum Gasteiger partial charge on any atom is 0.0651 e. The first-order chi connectivity index (χ1) is 24.8. The lowest BCUT2D eigenvalue weighted by molar-refractivity contribution is -0.0226. The number of nitrogens with zero attached hydrogens (tertiary/aromatic N) is 2. The molecule has 11 nitrogen and oxygen atoms in total. The number of hydrogen-bond acceptors (Lipinski definition) is 5. The highest BCUT2D eigenvalue weighted by Crippen LogP contribution is 2.47. The summed E-state index contributed by atoms with van der Waals surface area (Å²) in [5.74, 6) is 5.29. The summed E-state index contributed by atoms with van der Waals surface area (Å²) in [5.41, 5.74) is 0.780. The first kappa shape index (κ1) is 62.4. The Morgan fingerprint density at radius 2 is 1.07 bits per heavy atom. The molecule has 5 fully saturated rings. The molecule has 5 aliphatic rings. The van der Waals surface area contributed by atoms with Gasteiger partial charge in [-0.05, 0) is 142 Å². The highest BCUT2D eigenvalue weighted by atomic mass is 35.5. The van der Waals surface area contributed by atoms with Gasteiger partial charge in [-0.15, -0.1) is 23.2 Å². The van der Waals surface area contributed by atoms with Gasteiger partial charge in [-0.1, -0.05) is 68.2 Å². The van der Waals surface area contributed by atoms with Crippen molar-refractivity contribution in [2.75, 3.05) is 66.0 Å². The van der Waals surface area contributed by atoms with E-state index in [0.29, 0.717) is 51.5 Å². The number of alkyl halides is 2. The highest BCUT2D eigenvalue weighted by Gasteiger charge is 2.43. The van der Waals surface area contributed by atoms with Gasteiger partial charge in [0.2, 0.25) is 0 Å². The molecule has 0 bridgehead atoms. The number of likely N-dealkylation sites (tertiary alicyclic amines) is 2. The second-order valence-corrected chi connectivity index (χ2v) is 21.4. The van der Waals surface area contributed by atoms with Gasteiger partial charge in [0, 0.05) is 69.7 Å². The molecule has 2 aliphatic heterocycles. The number of hydrogen-bond donors (Lipinski definition) is 2. The molecule has 0 aromatic heterocycles. The summed E-state index contributed by atoms with van der Waals surface area (Å²) in [5, 5.41) is 8.85. The van der Waals surface area contributed by atoms with Crippen LogP contribution in [-0.2, 0) is 4.74 Å². The predicted octanol–water partition coefficient (Wildman–Crippen LogP) is 5.38. The van der Waals surface area contributed by atoms with Crippen LogP contribution in [0.2, 0.25) is 0 Å². The van der Waals surface area contributed by atoms with Crippen LogP contribution in [0, 0.1) is 52.3 Å². The van der Waals surface area contributed by atoms with Crippen LogP contribution in [0.25, 0.3) is 0 Å². The molecule has 0 spiro atoms. The molecule has 6 atom stereocenters. The van der Waals surface area contributed by atoms with Crippen molar-refractivity contribution in [2.24, 2.45) is 52.3 Å². The summed E-state index contributed by atoms with van der Waals surface area (Å²) in [6, 6.07) is 0.527. The van der Waals surface area contributed by atoms with Crippen LogP contribution in [0.3, 0.4) is 0 Å². The lowest BCUT2D eigenvalue weighted by Gasteiger charge is -2.49. The minimum Gasteiger partial charge on any atom is -0.412 e. The van der Waals surface area contributed by atoms with Gasteiger partial charge in [0.15, 0.2) is 0 Å². The zero-order chi connectivity index (χ0) is 37.9. The Morgan fingerprint density at radius 1 is 0.638 bits per heavy atom. The normalized spacial score (nSPS) is 32.8. The van der Waals surface area contributed by atoms with Crippen molar-refractivity contribution in [1.82, 2.24) is 20.4 Å². The van der Waals surface area contributed by atoms with Gasteiger partial charge in [-0.3, -0.25) is 0 Å². The Kier molecular flexibility index (Phi) is 32.6. The predicted molar refractivity (Wildman–Crippen MR) is 249 cm³/mol. The van der Waals surface area contributed by atoms with Crippen LogP contribution in [0.4, 0.5) is 0 Å². The Bertz CT molecular complexity index is 1000. The van der Waals surface area contributed by atoms with Crippen LogP contribution in [0.1, 0.15) is 145 Å². The molecule has 0 amide bonds. The smallest absolute Gasteiger partial charge is 0.0651 e. The number of methoxy groups -OCH3 is 1. The van der Waals surface area contributed by atoms with Crippen molar-refractivity contribution in [1.29, 1.82) is 0 Å². The summed E-state index contributed by atoms with van der Waals surface area (Å²) >= 11 is 12.9. The summed E-state index contributed by atoms with van der Waals surface area (Å²) in [4.78, 5) is 5.53. The average molecular weight is 878 g/mol. The Labute approximate surface area is 366 Å². The quantitative estimate of drug-likeness (QED) is 0.173. The van der Waals surface area contributed by atoms with Crippen LogP contribution < -0.4 is 10.6 Å². The van der Waals surface area contributed by atoms with Crippen molar-refractivity contribution >= 4 is 23.2 Å². The molecule has 0 radical (unpaired) electrons. The van der Waals surface area contributed by atoms with Gasteiger partial charge in [-0.2, -0.15) is 0 Å². The second-order valence-electron chi connectivity index (χ2n) is 20.1. The third kappa shape index (κ3) is 18.5. The van der Waals surface area contributed by atoms with E-state index in [4.69, 9.17) is 27.9 Å². The maximum atomic E-state index is 6.47. The number of piperidine rings is 2. The fraction of sp³-hybridized carbons (Fsp3) is 1.00. The number of halogens is 2. The molecule has 2 heterocycles. The van der Waals surface area contributed by atoms with Crippen LogP contribution >= 0.6 is 23.2 Å².